The fourth-order valence-corrected chi connectivity index (χ4v) is 3.35. The van der Waals surface area contributed by atoms with E-state index in [0.717, 1.165) is 0 Å². The Balaban J connectivity index is 1.95. The molecule has 0 saturated carbocycles. The van der Waals surface area contributed by atoms with Gasteiger partial charge in [0.2, 0.25) is 0 Å². The van der Waals surface area contributed by atoms with Gasteiger partial charge in [-0.15, -0.1) is 0 Å². The van der Waals surface area contributed by atoms with Crippen LogP contribution in [0.1, 0.15) is 49.9 Å². The zero-order valence-electron chi connectivity index (χ0n) is 17.4. The highest BCUT2D eigenvalue weighted by Gasteiger charge is 2.36. The number of hydrogen-bond acceptors (Lipinski definition) is 5. The highest BCUT2D eigenvalue weighted by atomic mass is 16.5. The van der Waals surface area contributed by atoms with Gasteiger partial charge < -0.3 is 19.8 Å². The number of amides is 3. The lowest BCUT2D eigenvalue weighted by Gasteiger charge is -2.35. The summed E-state index contributed by atoms with van der Waals surface area (Å²) in [5.41, 5.74) is 2.06. The second-order valence-electron chi connectivity index (χ2n) is 7.14. The number of esters is 1. The Hall–Kier alpha value is -3.55. The van der Waals surface area contributed by atoms with Crippen molar-refractivity contribution in [2.75, 3.05) is 11.9 Å². The van der Waals surface area contributed by atoms with Gasteiger partial charge in [-0.2, -0.15) is 0 Å². The molecule has 0 unspecified atom stereocenters. The quantitative estimate of drug-likeness (QED) is 0.704. The van der Waals surface area contributed by atoms with Crippen LogP contribution in [0.2, 0.25) is 0 Å². The van der Waals surface area contributed by atoms with Crippen molar-refractivity contribution >= 4 is 23.6 Å². The molecule has 0 fully saturated rings. The second-order valence-corrected chi connectivity index (χ2v) is 7.14. The van der Waals surface area contributed by atoms with Crippen LogP contribution in [0.3, 0.4) is 0 Å². The third-order valence-corrected chi connectivity index (χ3v) is 4.70. The van der Waals surface area contributed by atoms with Gasteiger partial charge in [0.05, 0.1) is 24.0 Å². The molecule has 2 heterocycles. The largest absolute Gasteiger partial charge is 0.459 e. The third kappa shape index (κ3) is 4.37. The average Bonchev–Trinajstić information content (AvgIpc) is 3.22. The number of carbonyl (C=O) groups is 3. The van der Waals surface area contributed by atoms with Gasteiger partial charge in [-0.1, -0.05) is 12.1 Å². The van der Waals surface area contributed by atoms with Crippen LogP contribution < -0.4 is 10.6 Å². The van der Waals surface area contributed by atoms with Crippen molar-refractivity contribution in [3.63, 3.8) is 0 Å². The van der Waals surface area contributed by atoms with E-state index in [0.29, 0.717) is 29.1 Å². The number of anilines is 1. The number of urea groups is 1. The molecule has 0 spiro atoms. The normalized spacial score (nSPS) is 16.5. The van der Waals surface area contributed by atoms with E-state index in [1.54, 1.807) is 57.2 Å². The van der Waals surface area contributed by atoms with Crippen molar-refractivity contribution in [2.24, 2.45) is 0 Å². The lowest BCUT2D eigenvalue weighted by atomic mass is 9.94. The van der Waals surface area contributed by atoms with E-state index < -0.39 is 17.9 Å². The molecular weight excluding hydrogens is 386 g/mol. The first-order valence-corrected chi connectivity index (χ1v) is 9.76. The van der Waals surface area contributed by atoms with Gasteiger partial charge >= 0.3 is 12.0 Å². The highest BCUT2D eigenvalue weighted by molar-refractivity contribution is 6.02. The predicted octanol–water partition coefficient (Wildman–Crippen LogP) is 3.84. The number of nitrogens with zero attached hydrogens (tertiary/aromatic N) is 1. The van der Waals surface area contributed by atoms with Crippen molar-refractivity contribution in [1.29, 1.82) is 0 Å². The summed E-state index contributed by atoms with van der Waals surface area (Å²) in [7, 11) is 0. The summed E-state index contributed by atoms with van der Waals surface area (Å²) in [5.74, 6) is -0.703. The van der Waals surface area contributed by atoms with Gasteiger partial charge in [-0.25, -0.2) is 9.59 Å². The molecule has 1 atom stereocenters. The van der Waals surface area contributed by atoms with Gasteiger partial charge in [-0.05, 0) is 57.5 Å². The zero-order chi connectivity index (χ0) is 21.8. The molecule has 8 heteroatoms. The number of nitrogens with one attached hydrogen (secondary N) is 2. The molecule has 2 aromatic rings. The van der Waals surface area contributed by atoms with Crippen LogP contribution >= 0.6 is 0 Å². The van der Waals surface area contributed by atoms with E-state index in [-0.39, 0.29) is 17.9 Å². The van der Waals surface area contributed by atoms with Crippen LogP contribution in [-0.4, -0.2) is 35.5 Å². The summed E-state index contributed by atoms with van der Waals surface area (Å²) < 4.78 is 10.5. The van der Waals surface area contributed by atoms with E-state index >= 15 is 0 Å². The van der Waals surface area contributed by atoms with E-state index in [1.165, 1.54) is 11.2 Å². The summed E-state index contributed by atoms with van der Waals surface area (Å²) in [6.45, 7) is 7.52. The first kappa shape index (κ1) is 21.2. The van der Waals surface area contributed by atoms with Crippen LogP contribution in [0.4, 0.5) is 10.5 Å². The maximum atomic E-state index is 12.8. The van der Waals surface area contributed by atoms with Crippen molar-refractivity contribution < 1.29 is 23.5 Å². The molecule has 0 radical (unpaired) electrons. The molecule has 3 rings (SSSR count). The molecule has 3 amide bonds. The highest BCUT2D eigenvalue weighted by Crippen LogP contribution is 2.32. The molecular formula is C22H25N3O5. The minimum atomic E-state index is -0.702. The molecule has 30 heavy (non-hydrogen) atoms. The molecule has 1 aliphatic heterocycles. The summed E-state index contributed by atoms with van der Waals surface area (Å²) >= 11 is 0. The molecule has 158 valence electrons. The van der Waals surface area contributed by atoms with Gasteiger partial charge in [0.15, 0.2) is 5.76 Å². The van der Waals surface area contributed by atoms with E-state index in [4.69, 9.17) is 9.15 Å². The number of ether oxygens (including phenoxy) is 1. The van der Waals surface area contributed by atoms with Gasteiger partial charge in [-0.3, -0.25) is 9.69 Å². The average molecular weight is 411 g/mol. The first-order valence-electron chi connectivity index (χ1n) is 9.76. The summed E-state index contributed by atoms with van der Waals surface area (Å²) in [4.78, 5) is 39.2. The standard InChI is InChI=1S/C22H25N3O5/c1-5-25-14(4)18(21(27)30-13(2)3)19(24-22(25)28)15-8-6-9-16(12-15)23-20(26)17-10-7-11-29-17/h6-13,19H,5H2,1-4H3,(H,23,26)(H,24,28)/t19-/m0/s1. The summed E-state index contributed by atoms with van der Waals surface area (Å²) in [5, 5.41) is 5.63. The minimum Gasteiger partial charge on any atom is -0.459 e. The van der Waals surface area contributed by atoms with Gasteiger partial charge in [0, 0.05) is 17.9 Å². The number of carbonyl (C=O) groups excluding carboxylic acids is 3. The van der Waals surface area contributed by atoms with Crippen molar-refractivity contribution in [1.82, 2.24) is 10.2 Å². The molecule has 2 N–H and O–H groups in total. The zero-order valence-corrected chi connectivity index (χ0v) is 17.4. The summed E-state index contributed by atoms with van der Waals surface area (Å²) in [6, 6.07) is 9.14. The maximum absolute atomic E-state index is 12.8. The maximum Gasteiger partial charge on any atom is 0.338 e. The Labute approximate surface area is 174 Å². The predicted molar refractivity (Wildman–Crippen MR) is 111 cm³/mol. The van der Waals surface area contributed by atoms with Gasteiger partial charge in [0.1, 0.15) is 0 Å². The van der Waals surface area contributed by atoms with Crippen LogP contribution in [0.5, 0.6) is 0 Å². The van der Waals surface area contributed by atoms with Crippen LogP contribution in [0.25, 0.3) is 0 Å². The Bertz CT molecular complexity index is 978. The molecule has 0 saturated heterocycles. The molecule has 0 bridgehead atoms. The van der Waals surface area contributed by atoms with Crippen LogP contribution in [0.15, 0.2) is 58.3 Å². The second kappa shape index (κ2) is 8.86. The third-order valence-electron chi connectivity index (χ3n) is 4.70. The monoisotopic (exact) mass is 411 g/mol. The Morgan fingerprint density at radius 1 is 1.27 bits per heavy atom. The first-order chi connectivity index (χ1) is 14.3. The van der Waals surface area contributed by atoms with E-state index in [1.807, 2.05) is 6.92 Å². The molecule has 1 aromatic heterocycles. The van der Waals surface area contributed by atoms with Crippen LogP contribution in [-0.2, 0) is 9.53 Å². The van der Waals surface area contributed by atoms with Crippen molar-refractivity contribution in [3.05, 3.63) is 65.3 Å². The molecule has 0 aliphatic carbocycles. The number of rotatable bonds is 6. The number of allylic oxidation sites excluding steroid dienone is 1. The van der Waals surface area contributed by atoms with Gasteiger partial charge in [0.25, 0.3) is 5.91 Å². The number of hydrogen-bond donors (Lipinski definition) is 2. The Kier molecular flexibility index (Phi) is 6.25. The fraction of sp³-hybridized carbons (Fsp3) is 0.318. The molecule has 1 aromatic carbocycles. The smallest absolute Gasteiger partial charge is 0.338 e. The minimum absolute atomic E-state index is 0.182. The Morgan fingerprint density at radius 3 is 2.67 bits per heavy atom. The van der Waals surface area contributed by atoms with Crippen molar-refractivity contribution in [2.45, 2.75) is 39.8 Å². The van der Waals surface area contributed by atoms with E-state index in [2.05, 4.69) is 10.6 Å². The number of benzene rings is 1. The summed E-state index contributed by atoms with van der Waals surface area (Å²) in [6.07, 6.45) is 1.12. The lowest BCUT2D eigenvalue weighted by Crippen LogP contribution is -2.48. The molecule has 8 nitrogen and oxygen atoms in total. The molecule has 1 aliphatic rings. The Morgan fingerprint density at radius 2 is 2.03 bits per heavy atom. The van der Waals surface area contributed by atoms with Crippen LogP contribution in [0, 0.1) is 0 Å². The SMILES string of the molecule is CCN1C(=O)N[C@@H](c2cccc(NC(=O)c3ccco3)c2)C(C(=O)OC(C)C)=C1C. The van der Waals surface area contributed by atoms with Crippen molar-refractivity contribution in [3.8, 4) is 0 Å². The lowest BCUT2D eigenvalue weighted by molar-refractivity contribution is -0.143. The topological polar surface area (TPSA) is 101 Å². The van der Waals surface area contributed by atoms with E-state index in [9.17, 15) is 14.4 Å². The number of furan rings is 1. The fourth-order valence-electron chi connectivity index (χ4n) is 3.35.